The Labute approximate surface area is 175 Å². The molecule has 0 unspecified atom stereocenters. The van der Waals surface area contributed by atoms with Crippen molar-refractivity contribution in [3.63, 3.8) is 0 Å². The Morgan fingerprint density at radius 2 is 1.86 bits per heavy atom. The number of benzene rings is 1. The molecule has 29 heavy (non-hydrogen) atoms. The van der Waals surface area contributed by atoms with Crippen molar-refractivity contribution < 1.29 is 14.3 Å². The minimum atomic E-state index is -0.0656. The summed E-state index contributed by atoms with van der Waals surface area (Å²) in [5.41, 5.74) is 1.73. The number of carbonyl (C=O) groups is 2. The number of ether oxygens (including phenoxy) is 1. The summed E-state index contributed by atoms with van der Waals surface area (Å²) in [6.07, 6.45) is 3.70. The maximum atomic E-state index is 12.8. The van der Waals surface area contributed by atoms with Gasteiger partial charge in [0.1, 0.15) is 15.6 Å². The second-order valence-corrected chi connectivity index (χ2v) is 8.74. The highest BCUT2D eigenvalue weighted by Gasteiger charge is 2.35. The Balaban J connectivity index is 1.36. The first-order valence-corrected chi connectivity index (χ1v) is 11.2. The number of hydrogen-bond acceptors (Lipinski definition) is 5. The number of hydrogen-bond donors (Lipinski definition) is 1. The van der Waals surface area contributed by atoms with Crippen molar-refractivity contribution in [1.29, 1.82) is 0 Å². The van der Waals surface area contributed by atoms with Gasteiger partial charge in [0.25, 0.3) is 5.91 Å². The molecule has 2 heterocycles. The summed E-state index contributed by atoms with van der Waals surface area (Å²) in [4.78, 5) is 32.2. The standard InChI is InChI=1S/C22H27N3O3S/c1-3-28-18-8-6-15(7-9-18)21-23-14(2)19(29-21)20(26)24-17-10-12-25(13-11-17)22(27)16-4-5-16/h6-9,16-17H,3-5,10-13H2,1-2H3,(H,24,26). The molecule has 0 bridgehead atoms. The minimum absolute atomic E-state index is 0.0656. The minimum Gasteiger partial charge on any atom is -0.494 e. The first-order valence-electron chi connectivity index (χ1n) is 10.4. The predicted molar refractivity (Wildman–Crippen MR) is 113 cm³/mol. The molecule has 1 aliphatic carbocycles. The third-order valence-electron chi connectivity index (χ3n) is 5.48. The topological polar surface area (TPSA) is 71.5 Å². The average molecular weight is 414 g/mol. The number of amides is 2. The van der Waals surface area contributed by atoms with Crippen molar-refractivity contribution in [2.45, 2.75) is 45.6 Å². The van der Waals surface area contributed by atoms with Gasteiger partial charge in [-0.05, 0) is 63.8 Å². The van der Waals surface area contributed by atoms with E-state index in [0.717, 1.165) is 60.8 Å². The molecule has 6 nitrogen and oxygen atoms in total. The summed E-state index contributed by atoms with van der Waals surface area (Å²) in [5.74, 6) is 1.33. The molecule has 7 heteroatoms. The van der Waals surface area contributed by atoms with E-state index < -0.39 is 0 Å². The van der Waals surface area contributed by atoms with Gasteiger partial charge in [-0.1, -0.05) is 0 Å². The van der Waals surface area contributed by atoms with E-state index >= 15 is 0 Å². The normalized spacial score (nSPS) is 17.2. The van der Waals surface area contributed by atoms with Crippen molar-refractivity contribution >= 4 is 23.2 Å². The van der Waals surface area contributed by atoms with Crippen molar-refractivity contribution in [1.82, 2.24) is 15.2 Å². The van der Waals surface area contributed by atoms with Crippen LogP contribution in [0.2, 0.25) is 0 Å². The van der Waals surface area contributed by atoms with Gasteiger partial charge in [-0.3, -0.25) is 9.59 Å². The molecule has 1 N–H and O–H groups in total. The lowest BCUT2D eigenvalue weighted by atomic mass is 10.0. The molecule has 154 valence electrons. The number of nitrogens with zero attached hydrogens (tertiary/aromatic N) is 2. The lowest BCUT2D eigenvalue weighted by Crippen LogP contribution is -2.47. The monoisotopic (exact) mass is 413 g/mol. The lowest BCUT2D eigenvalue weighted by Gasteiger charge is -2.32. The molecule has 1 saturated heterocycles. The van der Waals surface area contributed by atoms with Crippen LogP contribution in [0.1, 0.15) is 48.0 Å². The summed E-state index contributed by atoms with van der Waals surface area (Å²) in [7, 11) is 0. The van der Waals surface area contributed by atoms with Gasteiger partial charge >= 0.3 is 0 Å². The molecule has 2 aromatic rings. The van der Waals surface area contributed by atoms with Gasteiger partial charge in [0.2, 0.25) is 5.91 Å². The molecule has 4 rings (SSSR count). The number of carbonyl (C=O) groups excluding carboxylic acids is 2. The van der Waals surface area contributed by atoms with Gasteiger partial charge in [-0.15, -0.1) is 11.3 Å². The highest BCUT2D eigenvalue weighted by atomic mass is 32.1. The molecule has 2 amide bonds. The average Bonchev–Trinajstić information content (AvgIpc) is 3.50. The van der Waals surface area contributed by atoms with E-state index in [9.17, 15) is 9.59 Å². The molecule has 1 aliphatic heterocycles. The summed E-state index contributed by atoms with van der Waals surface area (Å²) in [5, 5.41) is 3.98. The molecule has 0 radical (unpaired) electrons. The molecule has 2 fully saturated rings. The predicted octanol–water partition coefficient (Wildman–Crippen LogP) is 3.65. The van der Waals surface area contributed by atoms with Crippen LogP contribution in [0.5, 0.6) is 5.75 Å². The first-order chi connectivity index (χ1) is 14.0. The van der Waals surface area contributed by atoms with Crippen LogP contribution < -0.4 is 10.1 Å². The van der Waals surface area contributed by atoms with E-state index in [1.807, 2.05) is 43.0 Å². The Morgan fingerprint density at radius 1 is 1.17 bits per heavy atom. The molecule has 0 atom stereocenters. The summed E-state index contributed by atoms with van der Waals surface area (Å²) in [6, 6.07) is 7.90. The van der Waals surface area contributed by atoms with Crippen LogP contribution in [0, 0.1) is 12.8 Å². The molecular weight excluding hydrogens is 386 g/mol. The summed E-state index contributed by atoms with van der Waals surface area (Å²) in [6.45, 7) is 5.94. The zero-order valence-electron chi connectivity index (χ0n) is 16.9. The van der Waals surface area contributed by atoms with Crippen LogP contribution in [0.4, 0.5) is 0 Å². The van der Waals surface area contributed by atoms with E-state index in [2.05, 4.69) is 10.3 Å². The Kier molecular flexibility index (Phi) is 5.85. The quantitative estimate of drug-likeness (QED) is 0.785. The van der Waals surface area contributed by atoms with Crippen molar-refractivity contribution in [2.24, 2.45) is 5.92 Å². The smallest absolute Gasteiger partial charge is 0.263 e. The number of rotatable bonds is 6. The summed E-state index contributed by atoms with van der Waals surface area (Å²) >= 11 is 1.42. The van der Waals surface area contributed by atoms with E-state index in [0.29, 0.717) is 17.4 Å². The van der Waals surface area contributed by atoms with Gasteiger partial charge in [0.05, 0.1) is 12.3 Å². The molecule has 1 saturated carbocycles. The van der Waals surface area contributed by atoms with Gasteiger partial charge in [0.15, 0.2) is 0 Å². The number of aryl methyl sites for hydroxylation is 1. The van der Waals surface area contributed by atoms with E-state index in [-0.39, 0.29) is 17.9 Å². The highest BCUT2D eigenvalue weighted by Crippen LogP contribution is 2.32. The molecular formula is C22H27N3O3S. The van der Waals surface area contributed by atoms with Gasteiger partial charge in [-0.2, -0.15) is 0 Å². The SMILES string of the molecule is CCOc1ccc(-c2nc(C)c(C(=O)NC3CCN(C(=O)C4CC4)CC3)s2)cc1. The van der Waals surface area contributed by atoms with Crippen molar-refractivity contribution in [3.05, 3.63) is 34.8 Å². The third-order valence-corrected chi connectivity index (χ3v) is 6.69. The second-order valence-electron chi connectivity index (χ2n) is 7.74. The zero-order chi connectivity index (χ0) is 20.4. The number of thiazole rings is 1. The Bertz CT molecular complexity index is 881. The van der Waals surface area contributed by atoms with Crippen LogP contribution in [-0.2, 0) is 4.79 Å². The van der Waals surface area contributed by atoms with Crippen LogP contribution in [0.3, 0.4) is 0 Å². The molecule has 1 aromatic carbocycles. The first kappa shape index (κ1) is 19.9. The van der Waals surface area contributed by atoms with Crippen LogP contribution in [-0.4, -0.2) is 47.4 Å². The molecule has 1 aromatic heterocycles. The van der Waals surface area contributed by atoms with Gasteiger partial charge in [0, 0.05) is 30.6 Å². The fourth-order valence-electron chi connectivity index (χ4n) is 3.67. The van der Waals surface area contributed by atoms with Gasteiger partial charge in [-0.25, -0.2) is 4.98 Å². The Hall–Kier alpha value is -2.41. The van der Waals surface area contributed by atoms with Crippen LogP contribution in [0.15, 0.2) is 24.3 Å². The lowest BCUT2D eigenvalue weighted by molar-refractivity contribution is -0.133. The molecule has 2 aliphatic rings. The van der Waals surface area contributed by atoms with Crippen LogP contribution >= 0.6 is 11.3 Å². The third kappa shape index (κ3) is 4.61. The van der Waals surface area contributed by atoms with E-state index in [4.69, 9.17) is 4.74 Å². The maximum absolute atomic E-state index is 12.8. The number of likely N-dealkylation sites (tertiary alicyclic amines) is 1. The van der Waals surface area contributed by atoms with E-state index in [1.165, 1.54) is 11.3 Å². The maximum Gasteiger partial charge on any atom is 0.263 e. The van der Waals surface area contributed by atoms with Gasteiger partial charge < -0.3 is 15.0 Å². The van der Waals surface area contributed by atoms with Crippen LogP contribution in [0.25, 0.3) is 10.6 Å². The van der Waals surface area contributed by atoms with Crippen molar-refractivity contribution in [2.75, 3.05) is 19.7 Å². The number of piperidine rings is 1. The number of aromatic nitrogens is 1. The fraction of sp³-hybridized carbons (Fsp3) is 0.500. The number of nitrogens with one attached hydrogen (secondary N) is 1. The van der Waals surface area contributed by atoms with Crippen molar-refractivity contribution in [3.8, 4) is 16.3 Å². The second kappa shape index (κ2) is 8.53. The zero-order valence-corrected chi connectivity index (χ0v) is 17.8. The summed E-state index contributed by atoms with van der Waals surface area (Å²) < 4.78 is 5.48. The Morgan fingerprint density at radius 3 is 2.48 bits per heavy atom. The largest absolute Gasteiger partial charge is 0.494 e. The highest BCUT2D eigenvalue weighted by molar-refractivity contribution is 7.17. The fourth-order valence-corrected chi connectivity index (χ4v) is 4.65. The van der Waals surface area contributed by atoms with E-state index in [1.54, 1.807) is 0 Å². The molecule has 0 spiro atoms.